The largest absolute Gasteiger partial charge is 0.478 e. The summed E-state index contributed by atoms with van der Waals surface area (Å²) in [5.41, 5.74) is 7.77. The number of hydrogen-bond acceptors (Lipinski definition) is 4. The normalized spacial score (nSPS) is 10.1. The summed E-state index contributed by atoms with van der Waals surface area (Å²) in [5, 5.41) is 12.0. The van der Waals surface area contributed by atoms with Crippen molar-refractivity contribution in [1.29, 1.82) is 0 Å². The SMILES string of the molecule is Nc1ccc(C(=O)O)c(NCc2ccoc2)c1. The van der Waals surface area contributed by atoms with Crippen molar-refractivity contribution in [2.24, 2.45) is 0 Å². The number of nitrogen functional groups attached to an aromatic ring is 1. The lowest BCUT2D eigenvalue weighted by molar-refractivity contribution is 0.0698. The van der Waals surface area contributed by atoms with E-state index in [4.69, 9.17) is 15.3 Å². The Morgan fingerprint density at radius 3 is 2.88 bits per heavy atom. The van der Waals surface area contributed by atoms with Gasteiger partial charge in [-0.15, -0.1) is 0 Å². The molecule has 0 amide bonds. The average molecular weight is 232 g/mol. The zero-order valence-electron chi connectivity index (χ0n) is 9.01. The maximum atomic E-state index is 11.0. The number of rotatable bonds is 4. The summed E-state index contributed by atoms with van der Waals surface area (Å²) in [5.74, 6) is -0.986. The number of aromatic carboxylic acids is 1. The molecule has 5 nitrogen and oxygen atoms in total. The van der Waals surface area contributed by atoms with Crippen LogP contribution in [-0.4, -0.2) is 11.1 Å². The lowest BCUT2D eigenvalue weighted by Gasteiger charge is -2.09. The highest BCUT2D eigenvalue weighted by Crippen LogP contribution is 2.20. The van der Waals surface area contributed by atoms with Gasteiger partial charge in [-0.2, -0.15) is 0 Å². The summed E-state index contributed by atoms with van der Waals surface area (Å²) < 4.78 is 4.92. The molecule has 0 fully saturated rings. The van der Waals surface area contributed by atoms with Crippen molar-refractivity contribution in [3.05, 3.63) is 47.9 Å². The lowest BCUT2D eigenvalue weighted by Crippen LogP contribution is -2.06. The fourth-order valence-electron chi connectivity index (χ4n) is 1.49. The van der Waals surface area contributed by atoms with Crippen LogP contribution >= 0.6 is 0 Å². The Labute approximate surface area is 97.9 Å². The second kappa shape index (κ2) is 4.61. The van der Waals surface area contributed by atoms with E-state index >= 15 is 0 Å². The number of furan rings is 1. The highest BCUT2D eigenvalue weighted by molar-refractivity contribution is 5.95. The monoisotopic (exact) mass is 232 g/mol. The van der Waals surface area contributed by atoms with Crippen LogP contribution < -0.4 is 11.1 Å². The smallest absolute Gasteiger partial charge is 0.337 e. The third-order valence-corrected chi connectivity index (χ3v) is 2.34. The van der Waals surface area contributed by atoms with Crippen LogP contribution in [0.2, 0.25) is 0 Å². The van der Waals surface area contributed by atoms with Gasteiger partial charge < -0.3 is 20.6 Å². The third-order valence-electron chi connectivity index (χ3n) is 2.34. The van der Waals surface area contributed by atoms with Gasteiger partial charge in [0.25, 0.3) is 0 Å². The molecule has 2 aromatic rings. The summed E-state index contributed by atoms with van der Waals surface area (Å²) in [6.45, 7) is 0.486. The molecule has 0 aliphatic rings. The molecule has 0 aliphatic carbocycles. The Hall–Kier alpha value is -2.43. The van der Waals surface area contributed by atoms with Gasteiger partial charge in [0.15, 0.2) is 0 Å². The van der Waals surface area contributed by atoms with E-state index in [-0.39, 0.29) is 5.56 Å². The lowest BCUT2D eigenvalue weighted by atomic mass is 10.1. The number of anilines is 2. The fraction of sp³-hybridized carbons (Fsp3) is 0.0833. The Morgan fingerprint density at radius 1 is 1.41 bits per heavy atom. The molecule has 17 heavy (non-hydrogen) atoms. The molecule has 5 heteroatoms. The second-order valence-electron chi connectivity index (χ2n) is 3.60. The first-order valence-electron chi connectivity index (χ1n) is 5.04. The fourth-order valence-corrected chi connectivity index (χ4v) is 1.49. The van der Waals surface area contributed by atoms with Crippen molar-refractivity contribution in [2.75, 3.05) is 11.1 Å². The molecule has 0 saturated carbocycles. The van der Waals surface area contributed by atoms with E-state index in [1.165, 1.54) is 6.07 Å². The Kier molecular flexibility index (Phi) is 3.00. The van der Waals surface area contributed by atoms with Gasteiger partial charge in [-0.1, -0.05) is 0 Å². The third kappa shape index (κ3) is 2.57. The first-order valence-corrected chi connectivity index (χ1v) is 5.04. The molecule has 88 valence electrons. The van der Waals surface area contributed by atoms with Crippen LogP contribution in [0.3, 0.4) is 0 Å². The minimum Gasteiger partial charge on any atom is -0.478 e. The highest BCUT2D eigenvalue weighted by atomic mass is 16.4. The summed E-state index contributed by atoms with van der Waals surface area (Å²) in [6.07, 6.45) is 3.16. The Balaban J connectivity index is 2.19. The van der Waals surface area contributed by atoms with Crippen LogP contribution in [0.4, 0.5) is 11.4 Å². The van der Waals surface area contributed by atoms with Crippen molar-refractivity contribution in [3.63, 3.8) is 0 Å². The molecule has 0 spiro atoms. The molecule has 4 N–H and O–H groups in total. The molecule has 0 aliphatic heterocycles. The molecule has 0 unspecified atom stereocenters. The predicted octanol–water partition coefficient (Wildman–Crippen LogP) is 2.17. The van der Waals surface area contributed by atoms with Crippen molar-refractivity contribution in [1.82, 2.24) is 0 Å². The number of carboxylic acid groups (broad SMARTS) is 1. The van der Waals surface area contributed by atoms with Gasteiger partial charge in [0.05, 0.1) is 23.8 Å². The zero-order valence-corrected chi connectivity index (χ0v) is 9.01. The van der Waals surface area contributed by atoms with Gasteiger partial charge in [0.2, 0.25) is 0 Å². The van der Waals surface area contributed by atoms with Crippen LogP contribution in [0.25, 0.3) is 0 Å². The van der Waals surface area contributed by atoms with Crippen LogP contribution in [0, 0.1) is 0 Å². The summed E-state index contributed by atoms with van der Waals surface area (Å²) in [7, 11) is 0. The van der Waals surface area contributed by atoms with Gasteiger partial charge >= 0.3 is 5.97 Å². The maximum absolute atomic E-state index is 11.0. The number of nitrogens with two attached hydrogens (primary N) is 1. The quantitative estimate of drug-likeness (QED) is 0.703. The standard InChI is InChI=1S/C12H12N2O3/c13-9-1-2-10(12(15)16)11(5-9)14-6-8-3-4-17-7-8/h1-5,7,14H,6,13H2,(H,15,16). The van der Waals surface area contributed by atoms with Gasteiger partial charge in [0, 0.05) is 17.8 Å². The van der Waals surface area contributed by atoms with Crippen molar-refractivity contribution >= 4 is 17.3 Å². The van der Waals surface area contributed by atoms with Gasteiger partial charge in [-0.05, 0) is 24.3 Å². The first kappa shape index (κ1) is 11.1. The van der Waals surface area contributed by atoms with E-state index in [0.717, 1.165) is 5.56 Å². The molecular formula is C12H12N2O3. The van der Waals surface area contributed by atoms with E-state index in [1.807, 2.05) is 0 Å². The Morgan fingerprint density at radius 2 is 2.24 bits per heavy atom. The first-order chi connectivity index (χ1) is 8.16. The van der Waals surface area contributed by atoms with Crippen molar-refractivity contribution < 1.29 is 14.3 Å². The molecule has 2 rings (SSSR count). The topological polar surface area (TPSA) is 88.5 Å². The molecular weight excluding hydrogens is 220 g/mol. The average Bonchev–Trinajstić information content (AvgIpc) is 2.78. The van der Waals surface area contributed by atoms with Gasteiger partial charge in [-0.3, -0.25) is 0 Å². The van der Waals surface area contributed by atoms with Crippen LogP contribution in [-0.2, 0) is 6.54 Å². The maximum Gasteiger partial charge on any atom is 0.337 e. The molecule has 0 atom stereocenters. The molecule has 1 aromatic carbocycles. The van der Waals surface area contributed by atoms with E-state index in [2.05, 4.69) is 5.32 Å². The number of hydrogen-bond donors (Lipinski definition) is 3. The number of carbonyl (C=O) groups is 1. The summed E-state index contributed by atoms with van der Waals surface area (Å²) in [6, 6.07) is 6.45. The van der Waals surface area contributed by atoms with Crippen molar-refractivity contribution in [3.8, 4) is 0 Å². The van der Waals surface area contributed by atoms with E-state index in [1.54, 1.807) is 30.7 Å². The van der Waals surface area contributed by atoms with Crippen LogP contribution in [0.15, 0.2) is 41.2 Å². The number of carboxylic acids is 1. The van der Waals surface area contributed by atoms with Crippen LogP contribution in [0.5, 0.6) is 0 Å². The molecule has 1 heterocycles. The summed E-state index contributed by atoms with van der Waals surface area (Å²) >= 11 is 0. The van der Waals surface area contributed by atoms with E-state index < -0.39 is 5.97 Å². The van der Waals surface area contributed by atoms with E-state index in [9.17, 15) is 4.79 Å². The minimum atomic E-state index is -0.986. The molecule has 0 saturated heterocycles. The van der Waals surface area contributed by atoms with Crippen LogP contribution in [0.1, 0.15) is 15.9 Å². The Bertz CT molecular complexity index is 521. The minimum absolute atomic E-state index is 0.197. The van der Waals surface area contributed by atoms with E-state index in [0.29, 0.717) is 17.9 Å². The summed E-state index contributed by atoms with van der Waals surface area (Å²) in [4.78, 5) is 11.0. The molecule has 0 radical (unpaired) electrons. The predicted molar refractivity (Wildman–Crippen MR) is 63.8 cm³/mol. The second-order valence-corrected chi connectivity index (χ2v) is 3.60. The van der Waals surface area contributed by atoms with Gasteiger partial charge in [0.1, 0.15) is 0 Å². The van der Waals surface area contributed by atoms with Gasteiger partial charge in [-0.25, -0.2) is 4.79 Å². The number of nitrogens with one attached hydrogen (secondary N) is 1. The van der Waals surface area contributed by atoms with Crippen molar-refractivity contribution in [2.45, 2.75) is 6.54 Å². The zero-order chi connectivity index (χ0) is 12.3. The molecule has 0 bridgehead atoms. The molecule has 1 aromatic heterocycles. The number of benzene rings is 1. The highest BCUT2D eigenvalue weighted by Gasteiger charge is 2.09.